The standard InChI is InChI=1S/C19H22O7/c1-11-5-3-7-14(20)18(23)15(21)8-4-6-12-9-13(25-2)10-16(22)17(12)19(24)26-11/h3-4,6-7,9-11,15,18,21-23H,5,8H2,1-2H3/t11-,15+,18-/m0/s1. The molecule has 0 unspecified atom stereocenters. The number of phenols is 1. The zero-order valence-electron chi connectivity index (χ0n) is 14.6. The summed E-state index contributed by atoms with van der Waals surface area (Å²) in [6.07, 6.45) is 2.42. The molecular weight excluding hydrogens is 340 g/mol. The van der Waals surface area contributed by atoms with Gasteiger partial charge in [-0.15, -0.1) is 0 Å². The van der Waals surface area contributed by atoms with Crippen LogP contribution in [0, 0.1) is 0 Å². The molecule has 1 aliphatic heterocycles. The van der Waals surface area contributed by atoms with E-state index >= 15 is 0 Å². The fourth-order valence-electron chi connectivity index (χ4n) is 2.51. The number of carbonyl (C=O) groups is 2. The molecule has 0 radical (unpaired) electrons. The van der Waals surface area contributed by atoms with Gasteiger partial charge in [-0.2, -0.15) is 0 Å². The van der Waals surface area contributed by atoms with Crippen molar-refractivity contribution >= 4 is 17.8 Å². The van der Waals surface area contributed by atoms with Crippen molar-refractivity contribution in [3.63, 3.8) is 0 Å². The summed E-state index contributed by atoms with van der Waals surface area (Å²) in [5, 5.41) is 30.0. The van der Waals surface area contributed by atoms with Crippen molar-refractivity contribution in [3.8, 4) is 11.5 Å². The first-order valence-electron chi connectivity index (χ1n) is 8.18. The van der Waals surface area contributed by atoms with Crippen LogP contribution in [0.4, 0.5) is 0 Å². The van der Waals surface area contributed by atoms with Crippen molar-refractivity contribution in [3.05, 3.63) is 41.5 Å². The normalized spacial score (nSPS) is 24.5. The van der Waals surface area contributed by atoms with Gasteiger partial charge in [0.2, 0.25) is 0 Å². The van der Waals surface area contributed by atoms with E-state index in [-0.39, 0.29) is 24.2 Å². The Morgan fingerprint density at radius 2 is 1.81 bits per heavy atom. The molecule has 2 rings (SSSR count). The first-order valence-corrected chi connectivity index (χ1v) is 8.18. The lowest BCUT2D eigenvalue weighted by atomic mass is 10.0. The number of methoxy groups -OCH3 is 1. The molecule has 1 aromatic carbocycles. The molecule has 1 heterocycles. The van der Waals surface area contributed by atoms with Gasteiger partial charge in [-0.3, -0.25) is 4.79 Å². The number of esters is 1. The summed E-state index contributed by atoms with van der Waals surface area (Å²) in [6, 6.07) is 2.84. The Morgan fingerprint density at radius 1 is 1.12 bits per heavy atom. The Morgan fingerprint density at radius 3 is 2.50 bits per heavy atom. The summed E-state index contributed by atoms with van der Waals surface area (Å²) >= 11 is 0. The maximum absolute atomic E-state index is 12.4. The van der Waals surface area contributed by atoms with Gasteiger partial charge < -0.3 is 24.8 Å². The molecule has 3 N–H and O–H groups in total. The van der Waals surface area contributed by atoms with Gasteiger partial charge in [-0.05, 0) is 31.1 Å². The highest BCUT2D eigenvalue weighted by Crippen LogP contribution is 2.30. The fourth-order valence-corrected chi connectivity index (χ4v) is 2.51. The first kappa shape index (κ1) is 19.7. The van der Waals surface area contributed by atoms with Gasteiger partial charge in [0.1, 0.15) is 29.3 Å². The zero-order chi connectivity index (χ0) is 19.3. The molecule has 3 atom stereocenters. The number of rotatable bonds is 1. The fraction of sp³-hybridized carbons (Fsp3) is 0.368. The van der Waals surface area contributed by atoms with Crippen LogP contribution in [0.2, 0.25) is 0 Å². The van der Waals surface area contributed by atoms with Crippen LogP contribution in [0.1, 0.15) is 35.7 Å². The molecule has 0 amide bonds. The third-order valence-electron chi connectivity index (χ3n) is 3.95. The number of fused-ring (bicyclic) bond motifs is 1. The minimum absolute atomic E-state index is 0.0242. The predicted molar refractivity (Wildman–Crippen MR) is 94.0 cm³/mol. The number of aliphatic hydroxyl groups is 2. The quantitative estimate of drug-likeness (QED) is 0.650. The number of ketones is 1. The molecular formula is C19H22O7. The maximum Gasteiger partial charge on any atom is 0.342 e. The minimum Gasteiger partial charge on any atom is -0.507 e. The number of ether oxygens (including phenoxy) is 2. The molecule has 7 heteroatoms. The van der Waals surface area contributed by atoms with Crippen LogP contribution in [-0.4, -0.2) is 52.5 Å². The molecule has 1 aliphatic rings. The van der Waals surface area contributed by atoms with Crippen molar-refractivity contribution in [1.82, 2.24) is 0 Å². The summed E-state index contributed by atoms with van der Waals surface area (Å²) in [5.41, 5.74) is 0.306. The molecule has 0 saturated carbocycles. The van der Waals surface area contributed by atoms with Gasteiger partial charge in [0.15, 0.2) is 5.78 Å². The summed E-state index contributed by atoms with van der Waals surface area (Å²) < 4.78 is 10.4. The highest BCUT2D eigenvalue weighted by atomic mass is 16.5. The van der Waals surface area contributed by atoms with E-state index < -0.39 is 30.1 Å². The molecule has 26 heavy (non-hydrogen) atoms. The number of phenolic OH excluding ortho intramolecular Hbond substituents is 1. The van der Waals surface area contributed by atoms with Crippen molar-refractivity contribution < 1.29 is 34.4 Å². The van der Waals surface area contributed by atoms with Gasteiger partial charge in [-0.25, -0.2) is 4.79 Å². The predicted octanol–water partition coefficient (Wildman–Crippen LogP) is 1.60. The largest absolute Gasteiger partial charge is 0.507 e. The van der Waals surface area contributed by atoms with Crippen LogP contribution in [0.5, 0.6) is 11.5 Å². The van der Waals surface area contributed by atoms with Crippen molar-refractivity contribution in [2.75, 3.05) is 7.11 Å². The Balaban J connectivity index is 2.45. The van der Waals surface area contributed by atoms with Crippen LogP contribution >= 0.6 is 0 Å². The van der Waals surface area contributed by atoms with Crippen molar-refractivity contribution in [2.45, 2.75) is 38.1 Å². The van der Waals surface area contributed by atoms with E-state index in [0.717, 1.165) is 6.08 Å². The summed E-state index contributed by atoms with van der Waals surface area (Å²) in [5.74, 6) is -1.29. The van der Waals surface area contributed by atoms with E-state index in [2.05, 4.69) is 0 Å². The monoisotopic (exact) mass is 362 g/mol. The number of cyclic esters (lactones) is 1. The Hall–Kier alpha value is -2.64. The van der Waals surface area contributed by atoms with Crippen LogP contribution in [0.15, 0.2) is 30.4 Å². The summed E-state index contributed by atoms with van der Waals surface area (Å²) in [7, 11) is 1.42. The Bertz CT molecular complexity index is 736. The lowest BCUT2D eigenvalue weighted by Crippen LogP contribution is -2.32. The van der Waals surface area contributed by atoms with Gasteiger partial charge in [0, 0.05) is 12.5 Å². The van der Waals surface area contributed by atoms with E-state index in [1.165, 1.54) is 37.5 Å². The molecule has 0 bridgehead atoms. The number of hydrogen-bond acceptors (Lipinski definition) is 7. The van der Waals surface area contributed by atoms with Crippen LogP contribution in [0.25, 0.3) is 6.08 Å². The van der Waals surface area contributed by atoms with E-state index in [4.69, 9.17) is 9.47 Å². The number of aliphatic hydroxyl groups excluding tert-OH is 2. The summed E-state index contributed by atoms with van der Waals surface area (Å²) in [4.78, 5) is 24.3. The molecule has 140 valence electrons. The molecule has 0 saturated heterocycles. The third kappa shape index (κ3) is 4.71. The number of hydrogen-bond donors (Lipinski definition) is 3. The molecule has 1 aromatic rings. The molecule has 0 fully saturated rings. The Kier molecular flexibility index (Phi) is 6.54. The average molecular weight is 362 g/mol. The number of carbonyl (C=O) groups excluding carboxylic acids is 2. The number of benzene rings is 1. The average Bonchev–Trinajstić information content (AvgIpc) is 2.59. The van der Waals surface area contributed by atoms with Crippen molar-refractivity contribution in [2.24, 2.45) is 0 Å². The summed E-state index contributed by atoms with van der Waals surface area (Å²) in [6.45, 7) is 1.64. The minimum atomic E-state index is -1.55. The van der Waals surface area contributed by atoms with Crippen LogP contribution < -0.4 is 4.74 Å². The van der Waals surface area contributed by atoms with Crippen LogP contribution in [0.3, 0.4) is 0 Å². The second kappa shape index (κ2) is 8.64. The third-order valence-corrected chi connectivity index (χ3v) is 3.95. The topological polar surface area (TPSA) is 113 Å². The van der Waals surface area contributed by atoms with Crippen molar-refractivity contribution in [1.29, 1.82) is 0 Å². The van der Waals surface area contributed by atoms with Gasteiger partial charge in [-0.1, -0.05) is 18.2 Å². The highest BCUT2D eigenvalue weighted by Gasteiger charge is 2.23. The van der Waals surface area contributed by atoms with E-state index in [1.807, 2.05) is 0 Å². The molecule has 7 nitrogen and oxygen atoms in total. The SMILES string of the molecule is COc1cc(O)c2c(c1)C=CC[C@@H](O)[C@@H](O)C(=O)C=CC[C@H](C)OC2=O. The second-order valence-electron chi connectivity index (χ2n) is 6.02. The van der Waals surface area contributed by atoms with Gasteiger partial charge in [0.25, 0.3) is 0 Å². The highest BCUT2D eigenvalue weighted by molar-refractivity contribution is 5.97. The molecule has 0 spiro atoms. The zero-order valence-corrected chi connectivity index (χ0v) is 14.6. The molecule has 0 aliphatic carbocycles. The maximum atomic E-state index is 12.4. The smallest absolute Gasteiger partial charge is 0.342 e. The second-order valence-corrected chi connectivity index (χ2v) is 6.02. The van der Waals surface area contributed by atoms with E-state index in [0.29, 0.717) is 11.3 Å². The number of aromatic hydroxyl groups is 1. The Labute approximate surface area is 151 Å². The van der Waals surface area contributed by atoms with Gasteiger partial charge >= 0.3 is 5.97 Å². The lowest BCUT2D eigenvalue weighted by molar-refractivity contribution is -0.127. The van der Waals surface area contributed by atoms with Gasteiger partial charge in [0.05, 0.1) is 13.2 Å². The van der Waals surface area contributed by atoms with Crippen LogP contribution in [-0.2, 0) is 9.53 Å². The molecule has 0 aromatic heterocycles. The van der Waals surface area contributed by atoms with E-state index in [9.17, 15) is 24.9 Å². The van der Waals surface area contributed by atoms with E-state index in [1.54, 1.807) is 6.92 Å². The lowest BCUT2D eigenvalue weighted by Gasteiger charge is -2.16. The first-order chi connectivity index (χ1) is 12.3.